The average Bonchev–Trinajstić information content (AvgIpc) is 2.64. The molecule has 3 aromatic carbocycles. The van der Waals surface area contributed by atoms with Crippen molar-refractivity contribution in [1.82, 2.24) is 0 Å². The SMILES string of the molecule is O=C1c2cccc(O)c2C(=O)c2c1cc(Oc1ccccc1)c(I)c2O. The number of carbonyl (C=O) groups is 2. The second kappa shape index (κ2) is 6.14. The normalized spacial score (nSPS) is 12.5. The van der Waals surface area contributed by atoms with Crippen molar-refractivity contribution in [2.45, 2.75) is 0 Å². The van der Waals surface area contributed by atoms with Gasteiger partial charge in [-0.1, -0.05) is 30.3 Å². The van der Waals surface area contributed by atoms with Gasteiger partial charge < -0.3 is 14.9 Å². The van der Waals surface area contributed by atoms with Gasteiger partial charge in [-0.15, -0.1) is 0 Å². The molecule has 0 aliphatic heterocycles. The Balaban J connectivity index is 1.91. The van der Waals surface area contributed by atoms with E-state index >= 15 is 0 Å². The van der Waals surface area contributed by atoms with Crippen LogP contribution in [0.1, 0.15) is 31.8 Å². The first-order valence-corrected chi connectivity index (χ1v) is 8.76. The van der Waals surface area contributed by atoms with Gasteiger partial charge in [0.25, 0.3) is 0 Å². The molecule has 0 saturated carbocycles. The minimum absolute atomic E-state index is 0.0527. The van der Waals surface area contributed by atoms with Crippen LogP contribution in [-0.2, 0) is 0 Å². The maximum atomic E-state index is 12.8. The molecule has 0 fully saturated rings. The minimum Gasteiger partial charge on any atom is -0.507 e. The molecule has 0 amide bonds. The van der Waals surface area contributed by atoms with E-state index < -0.39 is 11.6 Å². The average molecular weight is 458 g/mol. The molecule has 0 heterocycles. The van der Waals surface area contributed by atoms with E-state index in [2.05, 4.69) is 0 Å². The molecule has 6 heteroatoms. The van der Waals surface area contributed by atoms with Gasteiger partial charge in [-0.25, -0.2) is 0 Å². The lowest BCUT2D eigenvalue weighted by molar-refractivity contribution is 0.0974. The van der Waals surface area contributed by atoms with Gasteiger partial charge in [0.05, 0.1) is 14.7 Å². The van der Waals surface area contributed by atoms with E-state index in [9.17, 15) is 19.8 Å². The zero-order chi connectivity index (χ0) is 18.4. The highest BCUT2D eigenvalue weighted by Gasteiger charge is 2.36. The Kier molecular flexibility index (Phi) is 3.91. The molecule has 128 valence electrons. The van der Waals surface area contributed by atoms with E-state index in [1.165, 1.54) is 24.3 Å². The van der Waals surface area contributed by atoms with Crippen LogP contribution in [0.5, 0.6) is 23.0 Å². The van der Waals surface area contributed by atoms with Crippen molar-refractivity contribution in [2.75, 3.05) is 0 Å². The zero-order valence-electron chi connectivity index (χ0n) is 13.2. The first-order chi connectivity index (χ1) is 12.5. The van der Waals surface area contributed by atoms with Crippen LogP contribution >= 0.6 is 22.6 Å². The number of carbonyl (C=O) groups excluding carboxylic acids is 2. The summed E-state index contributed by atoms with van der Waals surface area (Å²) in [7, 11) is 0. The van der Waals surface area contributed by atoms with E-state index in [4.69, 9.17) is 4.74 Å². The van der Waals surface area contributed by atoms with Crippen LogP contribution in [0.4, 0.5) is 0 Å². The zero-order valence-corrected chi connectivity index (χ0v) is 15.4. The van der Waals surface area contributed by atoms with Gasteiger partial charge in [-0.3, -0.25) is 9.59 Å². The largest absolute Gasteiger partial charge is 0.507 e. The molecule has 0 spiro atoms. The maximum absolute atomic E-state index is 12.8. The summed E-state index contributed by atoms with van der Waals surface area (Å²) in [6.45, 7) is 0. The first kappa shape index (κ1) is 16.6. The van der Waals surface area contributed by atoms with Crippen LogP contribution in [-0.4, -0.2) is 21.8 Å². The highest BCUT2D eigenvalue weighted by Crippen LogP contribution is 2.43. The summed E-state index contributed by atoms with van der Waals surface area (Å²) in [5.74, 6) is -0.841. The fourth-order valence-corrected chi connectivity index (χ4v) is 3.49. The van der Waals surface area contributed by atoms with E-state index in [1.54, 1.807) is 24.3 Å². The van der Waals surface area contributed by atoms with Crippen molar-refractivity contribution >= 4 is 34.2 Å². The predicted molar refractivity (Wildman–Crippen MR) is 102 cm³/mol. The van der Waals surface area contributed by atoms with E-state index in [-0.39, 0.29) is 39.5 Å². The highest BCUT2D eigenvalue weighted by atomic mass is 127. The van der Waals surface area contributed by atoms with Crippen molar-refractivity contribution in [1.29, 1.82) is 0 Å². The highest BCUT2D eigenvalue weighted by molar-refractivity contribution is 14.1. The summed E-state index contributed by atoms with van der Waals surface area (Å²) in [5.41, 5.74) is -0.0487. The first-order valence-electron chi connectivity index (χ1n) is 7.68. The molecule has 0 unspecified atom stereocenters. The second-order valence-electron chi connectivity index (χ2n) is 5.73. The van der Waals surface area contributed by atoms with Crippen molar-refractivity contribution < 1.29 is 24.5 Å². The Hall–Kier alpha value is -2.87. The molecular weight excluding hydrogens is 447 g/mol. The maximum Gasteiger partial charge on any atom is 0.202 e. The fraction of sp³-hybridized carbons (Fsp3) is 0. The third-order valence-electron chi connectivity index (χ3n) is 4.16. The summed E-state index contributed by atoms with van der Waals surface area (Å²) in [5, 5.41) is 20.6. The van der Waals surface area contributed by atoms with Crippen molar-refractivity contribution in [2.24, 2.45) is 0 Å². The number of hydrogen-bond donors (Lipinski definition) is 2. The molecule has 5 nitrogen and oxygen atoms in total. The lowest BCUT2D eigenvalue weighted by atomic mass is 9.83. The number of fused-ring (bicyclic) bond motifs is 2. The van der Waals surface area contributed by atoms with Gasteiger partial charge in [0, 0.05) is 11.1 Å². The Morgan fingerprint density at radius 3 is 2.27 bits per heavy atom. The van der Waals surface area contributed by atoms with Gasteiger partial charge in [0.1, 0.15) is 23.0 Å². The predicted octanol–water partition coefficient (Wildman–Crippen LogP) is 4.27. The lowest BCUT2D eigenvalue weighted by Crippen LogP contribution is -2.21. The third kappa shape index (κ3) is 2.45. The van der Waals surface area contributed by atoms with Gasteiger partial charge in [0.15, 0.2) is 5.78 Å². The van der Waals surface area contributed by atoms with Gasteiger partial charge >= 0.3 is 0 Å². The number of hydrogen-bond acceptors (Lipinski definition) is 5. The number of benzene rings is 3. The number of ether oxygens (including phenoxy) is 1. The minimum atomic E-state index is -0.589. The molecular formula is C20H11IO5. The van der Waals surface area contributed by atoms with Gasteiger partial charge in [-0.2, -0.15) is 0 Å². The van der Waals surface area contributed by atoms with Crippen LogP contribution in [0.3, 0.4) is 0 Å². The molecule has 3 aromatic rings. The molecule has 0 radical (unpaired) electrons. The lowest BCUT2D eigenvalue weighted by Gasteiger charge is -2.21. The number of phenols is 2. The number of para-hydroxylation sites is 1. The van der Waals surface area contributed by atoms with Gasteiger partial charge in [0.2, 0.25) is 5.78 Å². The van der Waals surface area contributed by atoms with E-state index in [1.807, 2.05) is 28.7 Å². The van der Waals surface area contributed by atoms with Crippen LogP contribution in [0, 0.1) is 3.57 Å². The van der Waals surface area contributed by atoms with Gasteiger partial charge in [-0.05, 0) is 46.9 Å². The van der Waals surface area contributed by atoms with E-state index in [0.29, 0.717) is 9.32 Å². The van der Waals surface area contributed by atoms with Crippen molar-refractivity contribution in [3.8, 4) is 23.0 Å². The van der Waals surface area contributed by atoms with Crippen LogP contribution < -0.4 is 4.74 Å². The monoisotopic (exact) mass is 458 g/mol. The summed E-state index contributed by atoms with van der Waals surface area (Å²) < 4.78 is 6.08. The number of aromatic hydroxyl groups is 2. The Morgan fingerprint density at radius 1 is 0.808 bits per heavy atom. The Bertz CT molecular complexity index is 1070. The van der Waals surface area contributed by atoms with E-state index in [0.717, 1.165) is 0 Å². The molecule has 0 bridgehead atoms. The summed E-state index contributed by atoms with van der Waals surface area (Å²) in [6, 6.07) is 14.7. The summed E-state index contributed by atoms with van der Waals surface area (Å²) >= 11 is 1.86. The standard InChI is InChI=1S/C20H11IO5/c21-17-14(26-10-5-2-1-3-6-10)9-12-16(20(17)25)19(24)15-11(18(12)23)7-4-8-13(15)22/h1-9,22,25H. The molecule has 4 rings (SSSR count). The number of ketones is 2. The molecule has 26 heavy (non-hydrogen) atoms. The topological polar surface area (TPSA) is 83.8 Å². The number of phenolic OH excluding ortho intramolecular Hbond substituents is 2. The summed E-state index contributed by atoms with van der Waals surface area (Å²) in [4.78, 5) is 25.6. The number of halogens is 1. The fourth-order valence-electron chi connectivity index (χ4n) is 2.96. The third-order valence-corrected chi connectivity index (χ3v) is 5.21. The molecule has 1 aliphatic rings. The molecule has 2 N–H and O–H groups in total. The molecule has 0 aromatic heterocycles. The van der Waals surface area contributed by atoms with Crippen LogP contribution in [0.25, 0.3) is 0 Å². The number of rotatable bonds is 2. The quantitative estimate of drug-likeness (QED) is 0.439. The smallest absolute Gasteiger partial charge is 0.202 e. The summed E-state index contributed by atoms with van der Waals surface area (Å²) in [6.07, 6.45) is 0. The molecule has 1 aliphatic carbocycles. The van der Waals surface area contributed by atoms with Crippen LogP contribution in [0.15, 0.2) is 54.6 Å². The second-order valence-corrected chi connectivity index (χ2v) is 6.81. The van der Waals surface area contributed by atoms with Crippen molar-refractivity contribution in [3.05, 3.63) is 80.4 Å². The molecule has 0 saturated heterocycles. The van der Waals surface area contributed by atoms with Crippen LogP contribution in [0.2, 0.25) is 0 Å². The Morgan fingerprint density at radius 2 is 1.54 bits per heavy atom. The van der Waals surface area contributed by atoms with Crippen molar-refractivity contribution in [3.63, 3.8) is 0 Å². The molecule has 0 atom stereocenters. The Labute approximate surface area is 162 Å².